The van der Waals surface area contributed by atoms with E-state index in [0.717, 1.165) is 6.42 Å². The molecule has 3 heteroatoms. The zero-order valence-electron chi connectivity index (χ0n) is 12.9. The van der Waals surface area contributed by atoms with Gasteiger partial charge in [-0.1, -0.05) is 32.0 Å². The van der Waals surface area contributed by atoms with E-state index in [9.17, 15) is 5.11 Å². The first-order chi connectivity index (χ1) is 8.95. The minimum atomic E-state index is 0.158. The second-order valence-corrected chi connectivity index (χ2v) is 5.85. The molecule has 2 atom stereocenters. The smallest absolute Gasteiger partial charge is 0.0584 e. The number of para-hydroxylation sites is 1. The summed E-state index contributed by atoms with van der Waals surface area (Å²) in [5.74, 6) is 0.584. The van der Waals surface area contributed by atoms with Crippen LogP contribution in [0.5, 0.6) is 0 Å². The van der Waals surface area contributed by atoms with Crippen LogP contribution in [0, 0.1) is 5.92 Å². The molecule has 0 saturated heterocycles. The Morgan fingerprint density at radius 1 is 1.16 bits per heavy atom. The van der Waals surface area contributed by atoms with Crippen molar-refractivity contribution >= 4 is 5.69 Å². The summed E-state index contributed by atoms with van der Waals surface area (Å²) in [5, 5.41) is 13.0. The number of hydrogen-bond donors (Lipinski definition) is 2. The van der Waals surface area contributed by atoms with E-state index in [4.69, 9.17) is 0 Å². The third kappa shape index (κ3) is 4.84. The minimum absolute atomic E-state index is 0.158. The number of benzene rings is 1. The molecule has 0 saturated carbocycles. The molecule has 2 N–H and O–H groups in total. The van der Waals surface area contributed by atoms with E-state index >= 15 is 0 Å². The molecule has 0 heterocycles. The quantitative estimate of drug-likeness (QED) is 0.795. The summed E-state index contributed by atoms with van der Waals surface area (Å²) in [6.07, 6.45) is 0.991. The van der Waals surface area contributed by atoms with Gasteiger partial charge in [-0.2, -0.15) is 0 Å². The highest BCUT2D eigenvalue weighted by Crippen LogP contribution is 2.25. The highest BCUT2D eigenvalue weighted by Gasteiger charge is 2.16. The summed E-state index contributed by atoms with van der Waals surface area (Å²) >= 11 is 0. The van der Waals surface area contributed by atoms with Gasteiger partial charge in [0.15, 0.2) is 0 Å². The second-order valence-electron chi connectivity index (χ2n) is 5.85. The Balaban J connectivity index is 2.79. The molecule has 108 valence electrons. The van der Waals surface area contributed by atoms with Crippen molar-refractivity contribution in [3.8, 4) is 0 Å². The van der Waals surface area contributed by atoms with Crippen molar-refractivity contribution in [2.45, 2.75) is 39.3 Å². The Bertz CT molecular complexity index is 377. The Labute approximate surface area is 117 Å². The van der Waals surface area contributed by atoms with E-state index < -0.39 is 0 Å². The normalized spacial score (nSPS) is 14.5. The SMILES string of the molecule is CC(C)CC(CO)NC(C)c1ccccc1N(C)C. The van der Waals surface area contributed by atoms with Crippen LogP contribution in [0.15, 0.2) is 24.3 Å². The molecule has 0 aliphatic carbocycles. The molecule has 0 radical (unpaired) electrons. The number of nitrogens with zero attached hydrogens (tertiary/aromatic N) is 1. The summed E-state index contributed by atoms with van der Waals surface area (Å²) in [6, 6.07) is 8.79. The fourth-order valence-electron chi connectivity index (χ4n) is 2.47. The van der Waals surface area contributed by atoms with Crippen LogP contribution in [0.3, 0.4) is 0 Å². The fraction of sp³-hybridized carbons (Fsp3) is 0.625. The maximum absolute atomic E-state index is 9.48. The van der Waals surface area contributed by atoms with Crippen LogP contribution >= 0.6 is 0 Å². The molecule has 3 nitrogen and oxygen atoms in total. The predicted molar refractivity (Wildman–Crippen MR) is 82.6 cm³/mol. The molecular weight excluding hydrogens is 236 g/mol. The Kier molecular flexibility index (Phi) is 6.32. The van der Waals surface area contributed by atoms with Crippen LogP contribution in [0.4, 0.5) is 5.69 Å². The maximum Gasteiger partial charge on any atom is 0.0584 e. The van der Waals surface area contributed by atoms with E-state index in [-0.39, 0.29) is 18.7 Å². The van der Waals surface area contributed by atoms with Gasteiger partial charge in [-0.3, -0.25) is 0 Å². The number of rotatable bonds is 7. The van der Waals surface area contributed by atoms with Gasteiger partial charge in [0.2, 0.25) is 0 Å². The molecule has 0 amide bonds. The zero-order valence-corrected chi connectivity index (χ0v) is 12.9. The summed E-state index contributed by atoms with van der Waals surface area (Å²) in [6.45, 7) is 6.71. The molecule has 2 unspecified atom stereocenters. The van der Waals surface area contributed by atoms with Crippen LogP contribution in [-0.4, -0.2) is 31.9 Å². The van der Waals surface area contributed by atoms with Gasteiger partial charge in [0, 0.05) is 31.9 Å². The van der Waals surface area contributed by atoms with Crippen LogP contribution in [-0.2, 0) is 0 Å². The lowest BCUT2D eigenvalue weighted by Gasteiger charge is -2.26. The second kappa shape index (κ2) is 7.51. The molecule has 0 bridgehead atoms. The molecule has 0 spiro atoms. The van der Waals surface area contributed by atoms with Gasteiger partial charge in [0.05, 0.1) is 6.61 Å². The Hall–Kier alpha value is -1.06. The summed E-state index contributed by atoms with van der Waals surface area (Å²) in [7, 11) is 4.12. The van der Waals surface area contributed by atoms with Crippen molar-refractivity contribution in [1.29, 1.82) is 0 Å². The van der Waals surface area contributed by atoms with Crippen LogP contribution in [0.1, 0.15) is 38.8 Å². The minimum Gasteiger partial charge on any atom is -0.395 e. The van der Waals surface area contributed by atoms with Gasteiger partial charge in [0.1, 0.15) is 0 Å². The summed E-state index contributed by atoms with van der Waals surface area (Å²) < 4.78 is 0. The lowest BCUT2D eigenvalue weighted by atomic mass is 10.0. The van der Waals surface area contributed by atoms with Gasteiger partial charge < -0.3 is 15.3 Å². The molecule has 0 aliphatic rings. The lowest BCUT2D eigenvalue weighted by molar-refractivity contribution is 0.215. The van der Waals surface area contributed by atoms with E-state index in [1.807, 2.05) is 0 Å². The van der Waals surface area contributed by atoms with Crippen molar-refractivity contribution < 1.29 is 5.11 Å². The van der Waals surface area contributed by atoms with Crippen molar-refractivity contribution in [2.75, 3.05) is 25.6 Å². The monoisotopic (exact) mass is 264 g/mol. The molecule has 1 rings (SSSR count). The largest absolute Gasteiger partial charge is 0.395 e. The van der Waals surface area contributed by atoms with E-state index in [1.54, 1.807) is 0 Å². The van der Waals surface area contributed by atoms with Crippen molar-refractivity contribution in [2.24, 2.45) is 5.92 Å². The van der Waals surface area contributed by atoms with Gasteiger partial charge in [-0.05, 0) is 30.9 Å². The van der Waals surface area contributed by atoms with E-state index in [0.29, 0.717) is 5.92 Å². The third-order valence-corrected chi connectivity index (χ3v) is 3.35. The van der Waals surface area contributed by atoms with Crippen molar-refractivity contribution in [1.82, 2.24) is 5.32 Å². The zero-order chi connectivity index (χ0) is 14.4. The Morgan fingerprint density at radius 3 is 2.32 bits per heavy atom. The van der Waals surface area contributed by atoms with Gasteiger partial charge in [-0.25, -0.2) is 0 Å². The highest BCUT2D eigenvalue weighted by atomic mass is 16.3. The number of anilines is 1. The maximum atomic E-state index is 9.48. The molecule has 1 aromatic carbocycles. The predicted octanol–water partition coefficient (Wildman–Crippen LogP) is 2.81. The first-order valence-electron chi connectivity index (χ1n) is 7.08. The first-order valence-corrected chi connectivity index (χ1v) is 7.08. The van der Waals surface area contributed by atoms with Crippen LogP contribution in [0.25, 0.3) is 0 Å². The molecule has 1 aromatic rings. The van der Waals surface area contributed by atoms with E-state index in [2.05, 4.69) is 69.3 Å². The van der Waals surface area contributed by atoms with Gasteiger partial charge in [-0.15, -0.1) is 0 Å². The van der Waals surface area contributed by atoms with Gasteiger partial charge >= 0.3 is 0 Å². The molecular formula is C16H28N2O. The number of hydrogen-bond acceptors (Lipinski definition) is 3. The summed E-state index contributed by atoms with van der Waals surface area (Å²) in [4.78, 5) is 2.13. The molecule has 0 fully saturated rings. The number of aliphatic hydroxyl groups excluding tert-OH is 1. The Morgan fingerprint density at radius 2 is 1.79 bits per heavy atom. The number of nitrogens with one attached hydrogen (secondary N) is 1. The number of aliphatic hydroxyl groups is 1. The van der Waals surface area contributed by atoms with E-state index in [1.165, 1.54) is 11.3 Å². The molecule has 0 aliphatic heterocycles. The molecule has 0 aromatic heterocycles. The average Bonchev–Trinajstić information content (AvgIpc) is 2.37. The van der Waals surface area contributed by atoms with Crippen molar-refractivity contribution in [3.05, 3.63) is 29.8 Å². The average molecular weight is 264 g/mol. The highest BCUT2D eigenvalue weighted by molar-refractivity contribution is 5.53. The lowest BCUT2D eigenvalue weighted by Crippen LogP contribution is -2.36. The third-order valence-electron chi connectivity index (χ3n) is 3.35. The fourth-order valence-corrected chi connectivity index (χ4v) is 2.47. The van der Waals surface area contributed by atoms with Crippen molar-refractivity contribution in [3.63, 3.8) is 0 Å². The topological polar surface area (TPSA) is 35.5 Å². The molecule has 19 heavy (non-hydrogen) atoms. The van der Waals surface area contributed by atoms with Crippen LogP contribution in [0.2, 0.25) is 0 Å². The van der Waals surface area contributed by atoms with Crippen LogP contribution < -0.4 is 10.2 Å². The standard InChI is InChI=1S/C16H28N2O/c1-12(2)10-14(11-19)17-13(3)15-8-6-7-9-16(15)18(4)5/h6-9,12-14,17,19H,10-11H2,1-5H3. The van der Waals surface area contributed by atoms with Gasteiger partial charge in [0.25, 0.3) is 0 Å². The first kappa shape index (κ1) is 16.0. The summed E-state index contributed by atoms with van der Waals surface area (Å²) in [5.41, 5.74) is 2.50.